The Morgan fingerprint density at radius 1 is 1.00 bits per heavy atom. The zero-order valence-electron chi connectivity index (χ0n) is 16.6. The molecule has 0 bridgehead atoms. The van der Waals surface area contributed by atoms with Gasteiger partial charge in [0.05, 0.1) is 23.8 Å². The number of nitrogens with one attached hydrogen (secondary N) is 1. The molecule has 2 heterocycles. The topological polar surface area (TPSA) is 128 Å². The van der Waals surface area contributed by atoms with Gasteiger partial charge in [0.2, 0.25) is 10.0 Å². The number of ether oxygens (including phenoxy) is 1. The molecule has 31 heavy (non-hydrogen) atoms. The summed E-state index contributed by atoms with van der Waals surface area (Å²) in [6, 6.07) is 16.5. The molecule has 4 rings (SSSR count). The molecule has 2 aromatic carbocycles. The number of carbonyl (C=O) groups excluding carboxylic acids is 1. The molecular formula is C21H21N5O4S. The van der Waals surface area contributed by atoms with Crippen molar-refractivity contribution >= 4 is 27.4 Å². The quantitative estimate of drug-likeness (QED) is 0.621. The van der Waals surface area contributed by atoms with E-state index in [0.717, 1.165) is 24.5 Å². The molecule has 1 saturated heterocycles. The van der Waals surface area contributed by atoms with E-state index in [1.165, 1.54) is 24.3 Å². The number of sulfonamides is 1. The molecule has 0 spiro atoms. The van der Waals surface area contributed by atoms with Crippen molar-refractivity contribution in [3.8, 4) is 11.3 Å². The van der Waals surface area contributed by atoms with E-state index in [9.17, 15) is 13.2 Å². The normalized spacial score (nSPS) is 14.3. The highest BCUT2D eigenvalue weighted by atomic mass is 32.2. The van der Waals surface area contributed by atoms with Crippen LogP contribution in [0, 0.1) is 0 Å². The lowest BCUT2D eigenvalue weighted by Gasteiger charge is -2.27. The first-order valence-electron chi connectivity index (χ1n) is 9.61. The summed E-state index contributed by atoms with van der Waals surface area (Å²) in [6.45, 7) is 2.92. The monoisotopic (exact) mass is 439 g/mol. The van der Waals surface area contributed by atoms with Crippen molar-refractivity contribution in [2.45, 2.75) is 4.90 Å². The first kappa shape index (κ1) is 20.9. The number of carbonyl (C=O) groups is 1. The maximum Gasteiger partial charge on any atom is 0.255 e. The van der Waals surface area contributed by atoms with E-state index in [2.05, 4.69) is 20.4 Å². The summed E-state index contributed by atoms with van der Waals surface area (Å²) >= 11 is 0. The molecule has 1 aromatic heterocycles. The molecule has 0 saturated carbocycles. The molecule has 1 fully saturated rings. The van der Waals surface area contributed by atoms with Gasteiger partial charge in [-0.25, -0.2) is 13.6 Å². The molecule has 1 aliphatic heterocycles. The van der Waals surface area contributed by atoms with Crippen molar-refractivity contribution in [2.75, 3.05) is 36.5 Å². The van der Waals surface area contributed by atoms with Gasteiger partial charge in [-0.3, -0.25) is 4.79 Å². The molecule has 160 valence electrons. The predicted octanol–water partition coefficient (Wildman–Crippen LogP) is 1.88. The first-order valence-corrected chi connectivity index (χ1v) is 11.2. The van der Waals surface area contributed by atoms with Gasteiger partial charge in [-0.2, -0.15) is 0 Å². The van der Waals surface area contributed by atoms with E-state index >= 15 is 0 Å². The van der Waals surface area contributed by atoms with Gasteiger partial charge >= 0.3 is 0 Å². The van der Waals surface area contributed by atoms with Crippen LogP contribution in [-0.2, 0) is 14.8 Å². The summed E-state index contributed by atoms with van der Waals surface area (Å²) in [5.74, 6) is 0.436. The minimum Gasteiger partial charge on any atom is -0.378 e. The fourth-order valence-electron chi connectivity index (χ4n) is 3.20. The minimum absolute atomic E-state index is 0.0508. The summed E-state index contributed by atoms with van der Waals surface area (Å²) in [6.07, 6.45) is 0. The van der Waals surface area contributed by atoms with E-state index < -0.39 is 10.0 Å². The van der Waals surface area contributed by atoms with E-state index in [0.29, 0.717) is 30.2 Å². The van der Waals surface area contributed by atoms with Crippen molar-refractivity contribution in [1.29, 1.82) is 0 Å². The predicted molar refractivity (Wildman–Crippen MR) is 116 cm³/mol. The van der Waals surface area contributed by atoms with Crippen LogP contribution in [0.15, 0.2) is 65.6 Å². The van der Waals surface area contributed by atoms with Crippen molar-refractivity contribution < 1.29 is 17.9 Å². The smallest absolute Gasteiger partial charge is 0.255 e. The summed E-state index contributed by atoms with van der Waals surface area (Å²) in [7, 11) is -3.80. The number of benzene rings is 2. The van der Waals surface area contributed by atoms with Gasteiger partial charge in [0, 0.05) is 29.9 Å². The second-order valence-corrected chi connectivity index (χ2v) is 8.54. The zero-order chi connectivity index (χ0) is 21.8. The zero-order valence-corrected chi connectivity index (χ0v) is 17.4. The Morgan fingerprint density at radius 3 is 2.39 bits per heavy atom. The van der Waals surface area contributed by atoms with Gasteiger partial charge < -0.3 is 15.0 Å². The molecular weight excluding hydrogens is 418 g/mol. The van der Waals surface area contributed by atoms with Crippen LogP contribution in [0.5, 0.6) is 0 Å². The Hall–Kier alpha value is -3.34. The van der Waals surface area contributed by atoms with Crippen LogP contribution in [0.2, 0.25) is 0 Å². The third-order valence-electron chi connectivity index (χ3n) is 4.85. The fourth-order valence-corrected chi connectivity index (χ4v) is 3.71. The van der Waals surface area contributed by atoms with Crippen molar-refractivity contribution in [1.82, 2.24) is 10.2 Å². The van der Waals surface area contributed by atoms with Crippen molar-refractivity contribution in [3.63, 3.8) is 0 Å². The van der Waals surface area contributed by atoms with Crippen LogP contribution in [0.25, 0.3) is 11.3 Å². The third kappa shape index (κ3) is 5.05. The highest BCUT2D eigenvalue weighted by Gasteiger charge is 2.14. The maximum atomic E-state index is 12.5. The number of hydrogen-bond donors (Lipinski definition) is 2. The number of primary sulfonamides is 1. The Kier molecular flexibility index (Phi) is 5.94. The Labute approximate surface area is 179 Å². The number of anilines is 2. The van der Waals surface area contributed by atoms with E-state index in [1.807, 2.05) is 24.3 Å². The van der Waals surface area contributed by atoms with Crippen LogP contribution in [0.4, 0.5) is 11.5 Å². The minimum atomic E-state index is -3.80. The number of amides is 1. The maximum absolute atomic E-state index is 12.5. The largest absolute Gasteiger partial charge is 0.378 e. The number of rotatable bonds is 5. The SMILES string of the molecule is NS(=O)(=O)c1ccc(C(=O)Nc2cccc(-c3ccc(N4CCOCC4)nn3)c2)cc1. The molecule has 0 aliphatic carbocycles. The lowest BCUT2D eigenvalue weighted by molar-refractivity contribution is 0.102. The van der Waals surface area contributed by atoms with Gasteiger partial charge in [0.1, 0.15) is 0 Å². The molecule has 10 heteroatoms. The summed E-state index contributed by atoms with van der Waals surface area (Å²) in [5.41, 5.74) is 2.39. The summed E-state index contributed by atoms with van der Waals surface area (Å²) < 4.78 is 28.0. The number of nitrogens with two attached hydrogens (primary N) is 1. The van der Waals surface area contributed by atoms with Crippen LogP contribution in [0.3, 0.4) is 0 Å². The summed E-state index contributed by atoms with van der Waals surface area (Å²) in [5, 5.41) is 16.5. The molecule has 0 unspecified atom stereocenters. The average molecular weight is 439 g/mol. The molecule has 3 aromatic rings. The molecule has 0 radical (unpaired) electrons. The highest BCUT2D eigenvalue weighted by Crippen LogP contribution is 2.23. The van der Waals surface area contributed by atoms with E-state index in [1.54, 1.807) is 12.1 Å². The lowest BCUT2D eigenvalue weighted by Crippen LogP contribution is -2.36. The average Bonchev–Trinajstić information content (AvgIpc) is 2.79. The number of aromatic nitrogens is 2. The molecule has 1 aliphatic rings. The van der Waals surface area contributed by atoms with Gasteiger partial charge in [0.25, 0.3) is 5.91 Å². The molecule has 3 N–H and O–H groups in total. The van der Waals surface area contributed by atoms with Crippen molar-refractivity contribution in [2.24, 2.45) is 5.14 Å². The number of hydrogen-bond acceptors (Lipinski definition) is 7. The molecule has 9 nitrogen and oxygen atoms in total. The number of nitrogens with zero attached hydrogens (tertiary/aromatic N) is 3. The Morgan fingerprint density at radius 2 is 1.74 bits per heavy atom. The fraction of sp³-hybridized carbons (Fsp3) is 0.190. The lowest BCUT2D eigenvalue weighted by atomic mass is 10.1. The molecule has 0 atom stereocenters. The van der Waals surface area contributed by atoms with Crippen LogP contribution >= 0.6 is 0 Å². The first-order chi connectivity index (χ1) is 14.9. The van der Waals surface area contributed by atoms with Crippen LogP contribution in [-0.4, -0.2) is 50.8 Å². The molecule has 1 amide bonds. The Bertz CT molecular complexity index is 1180. The van der Waals surface area contributed by atoms with Crippen molar-refractivity contribution in [3.05, 3.63) is 66.2 Å². The standard InChI is InChI=1S/C21H21N5O4S/c22-31(28,29)18-6-4-15(5-7-18)21(27)23-17-3-1-2-16(14-17)19-8-9-20(25-24-19)26-10-12-30-13-11-26/h1-9,14H,10-13H2,(H,23,27)(H2,22,28,29). The van der Waals surface area contributed by atoms with Crippen LogP contribution in [0.1, 0.15) is 10.4 Å². The van der Waals surface area contributed by atoms with Gasteiger partial charge in [-0.15, -0.1) is 10.2 Å². The second kappa shape index (κ2) is 8.80. The van der Waals surface area contributed by atoms with Gasteiger partial charge in [-0.1, -0.05) is 12.1 Å². The Balaban J connectivity index is 1.47. The van der Waals surface area contributed by atoms with E-state index in [4.69, 9.17) is 9.88 Å². The van der Waals surface area contributed by atoms with E-state index in [-0.39, 0.29) is 10.8 Å². The second-order valence-electron chi connectivity index (χ2n) is 6.98. The van der Waals surface area contributed by atoms with Gasteiger partial charge in [-0.05, 0) is 48.5 Å². The van der Waals surface area contributed by atoms with Crippen LogP contribution < -0.4 is 15.4 Å². The number of morpholine rings is 1. The third-order valence-corrected chi connectivity index (χ3v) is 5.78. The highest BCUT2D eigenvalue weighted by molar-refractivity contribution is 7.89. The van der Waals surface area contributed by atoms with Gasteiger partial charge in [0.15, 0.2) is 5.82 Å². The summed E-state index contributed by atoms with van der Waals surface area (Å²) in [4.78, 5) is 14.6.